The van der Waals surface area contributed by atoms with Crippen LogP contribution >= 0.6 is 11.6 Å². The van der Waals surface area contributed by atoms with E-state index < -0.39 is 10.8 Å². The van der Waals surface area contributed by atoms with Gasteiger partial charge < -0.3 is 9.15 Å². The summed E-state index contributed by atoms with van der Waals surface area (Å²) in [5.74, 6) is 0.833. The molecule has 0 aliphatic rings. The van der Waals surface area contributed by atoms with Gasteiger partial charge >= 0.3 is 0 Å². The number of nitro benzene ring substituents is 1. The molecule has 0 saturated carbocycles. The third kappa shape index (κ3) is 5.18. The highest BCUT2D eigenvalue weighted by Crippen LogP contribution is 2.25. The molecule has 1 amide bonds. The third-order valence-electron chi connectivity index (χ3n) is 3.52. The summed E-state index contributed by atoms with van der Waals surface area (Å²) in [5.41, 5.74) is 2.84. The molecule has 3 aromatic rings. The van der Waals surface area contributed by atoms with Crippen molar-refractivity contribution in [2.24, 2.45) is 5.10 Å². The summed E-state index contributed by atoms with van der Waals surface area (Å²) in [6.07, 6.45) is 1.32. The van der Waals surface area contributed by atoms with E-state index >= 15 is 0 Å². The largest absolute Gasteiger partial charge is 0.484 e. The molecule has 0 atom stereocenters. The van der Waals surface area contributed by atoms with Crippen molar-refractivity contribution in [1.29, 1.82) is 0 Å². The van der Waals surface area contributed by atoms with Crippen molar-refractivity contribution in [2.45, 2.75) is 0 Å². The molecule has 0 unspecified atom stereocenters. The number of hydrogen-bond acceptors (Lipinski definition) is 6. The van der Waals surface area contributed by atoms with Crippen LogP contribution in [0.1, 0.15) is 5.76 Å². The van der Waals surface area contributed by atoms with Crippen molar-refractivity contribution in [1.82, 2.24) is 5.43 Å². The zero-order chi connectivity index (χ0) is 19.9. The minimum atomic E-state index is -0.476. The highest BCUT2D eigenvalue weighted by Gasteiger charge is 2.10. The SMILES string of the molecule is O=C(COc1cccc(Cl)c1)N/N=C/c1ccc(-c2cccc([N+](=O)[O-])c2)o1. The molecule has 0 spiro atoms. The lowest BCUT2D eigenvalue weighted by Gasteiger charge is -2.04. The summed E-state index contributed by atoms with van der Waals surface area (Å²) in [5, 5.41) is 15.2. The van der Waals surface area contributed by atoms with Gasteiger partial charge in [0.1, 0.15) is 17.3 Å². The maximum Gasteiger partial charge on any atom is 0.277 e. The van der Waals surface area contributed by atoms with Gasteiger partial charge in [-0.05, 0) is 30.3 Å². The average molecular weight is 400 g/mol. The number of hydrogen-bond donors (Lipinski definition) is 1. The minimum Gasteiger partial charge on any atom is -0.484 e. The molecule has 1 heterocycles. The Morgan fingerprint density at radius 3 is 2.82 bits per heavy atom. The van der Waals surface area contributed by atoms with E-state index in [2.05, 4.69) is 10.5 Å². The first kappa shape index (κ1) is 19.1. The van der Waals surface area contributed by atoms with Gasteiger partial charge in [-0.2, -0.15) is 5.10 Å². The second-order valence-electron chi connectivity index (χ2n) is 5.55. The molecule has 0 bridgehead atoms. The van der Waals surface area contributed by atoms with Crippen molar-refractivity contribution in [3.05, 3.63) is 81.6 Å². The van der Waals surface area contributed by atoms with Crippen molar-refractivity contribution in [3.63, 3.8) is 0 Å². The summed E-state index contributed by atoms with van der Waals surface area (Å²) in [7, 11) is 0. The average Bonchev–Trinajstić information content (AvgIpc) is 3.15. The second kappa shape index (κ2) is 8.83. The zero-order valence-electron chi connectivity index (χ0n) is 14.4. The summed E-state index contributed by atoms with van der Waals surface area (Å²) < 4.78 is 10.9. The molecule has 0 fully saturated rings. The molecule has 0 aliphatic carbocycles. The van der Waals surface area contributed by atoms with Crippen LogP contribution in [0.4, 0.5) is 5.69 Å². The summed E-state index contributed by atoms with van der Waals surface area (Å²) >= 11 is 5.83. The van der Waals surface area contributed by atoms with Gasteiger partial charge in [0, 0.05) is 22.7 Å². The van der Waals surface area contributed by atoms with E-state index in [1.54, 1.807) is 48.5 Å². The predicted molar refractivity (Wildman–Crippen MR) is 103 cm³/mol. The number of nitrogens with one attached hydrogen (secondary N) is 1. The monoisotopic (exact) mass is 399 g/mol. The summed E-state index contributed by atoms with van der Waals surface area (Å²) in [4.78, 5) is 22.1. The normalized spacial score (nSPS) is 10.8. The van der Waals surface area contributed by atoms with Crippen LogP contribution in [0, 0.1) is 10.1 Å². The maximum absolute atomic E-state index is 11.7. The maximum atomic E-state index is 11.7. The number of hydrazone groups is 1. The number of carbonyl (C=O) groups excluding carboxylic acids is 1. The molecule has 0 radical (unpaired) electrons. The van der Waals surface area contributed by atoms with Gasteiger partial charge in [-0.3, -0.25) is 14.9 Å². The van der Waals surface area contributed by atoms with E-state index in [0.29, 0.717) is 27.9 Å². The Balaban J connectivity index is 1.54. The number of nitrogens with zero attached hydrogens (tertiary/aromatic N) is 2. The van der Waals surface area contributed by atoms with Gasteiger partial charge in [-0.1, -0.05) is 29.8 Å². The number of non-ortho nitro benzene ring substituents is 1. The van der Waals surface area contributed by atoms with Crippen LogP contribution < -0.4 is 10.2 Å². The number of benzene rings is 2. The van der Waals surface area contributed by atoms with Crippen molar-refractivity contribution in [3.8, 4) is 17.1 Å². The van der Waals surface area contributed by atoms with Crippen LogP contribution in [0.5, 0.6) is 5.75 Å². The molecule has 9 heteroatoms. The lowest BCUT2D eigenvalue weighted by molar-refractivity contribution is -0.384. The van der Waals surface area contributed by atoms with E-state index in [1.165, 1.54) is 18.3 Å². The quantitative estimate of drug-likeness (QED) is 0.366. The Hall–Kier alpha value is -3.65. The lowest BCUT2D eigenvalue weighted by atomic mass is 10.1. The number of amides is 1. The number of furan rings is 1. The Bertz CT molecular complexity index is 1030. The van der Waals surface area contributed by atoms with Gasteiger partial charge in [0.25, 0.3) is 11.6 Å². The van der Waals surface area contributed by atoms with E-state index in [1.807, 2.05) is 0 Å². The van der Waals surface area contributed by atoms with E-state index in [-0.39, 0.29) is 12.3 Å². The Morgan fingerprint density at radius 2 is 2.04 bits per heavy atom. The fourth-order valence-electron chi connectivity index (χ4n) is 2.26. The van der Waals surface area contributed by atoms with Gasteiger partial charge in [0.05, 0.1) is 11.1 Å². The molecule has 8 nitrogen and oxygen atoms in total. The first-order valence-corrected chi connectivity index (χ1v) is 8.44. The lowest BCUT2D eigenvalue weighted by Crippen LogP contribution is -2.24. The number of carbonyl (C=O) groups is 1. The molecule has 1 aromatic heterocycles. The number of rotatable bonds is 7. The third-order valence-corrected chi connectivity index (χ3v) is 3.75. The van der Waals surface area contributed by atoms with Crippen LogP contribution in [-0.4, -0.2) is 23.7 Å². The molecule has 28 heavy (non-hydrogen) atoms. The molecule has 2 aromatic carbocycles. The highest BCUT2D eigenvalue weighted by atomic mass is 35.5. The molecule has 3 rings (SSSR count). The first-order valence-electron chi connectivity index (χ1n) is 8.06. The van der Waals surface area contributed by atoms with Crippen LogP contribution in [0.3, 0.4) is 0 Å². The molecule has 0 saturated heterocycles. The highest BCUT2D eigenvalue weighted by molar-refractivity contribution is 6.30. The topological polar surface area (TPSA) is 107 Å². The Kier molecular flexibility index (Phi) is 6.03. The van der Waals surface area contributed by atoms with E-state index in [9.17, 15) is 14.9 Å². The first-order chi connectivity index (χ1) is 13.5. The van der Waals surface area contributed by atoms with E-state index in [0.717, 1.165) is 0 Å². The summed E-state index contributed by atoms with van der Waals surface area (Å²) in [6, 6.07) is 16.1. The van der Waals surface area contributed by atoms with Gasteiger partial charge in [-0.25, -0.2) is 5.43 Å². The smallest absolute Gasteiger partial charge is 0.277 e. The number of nitro groups is 1. The van der Waals surface area contributed by atoms with Gasteiger partial charge in [0.2, 0.25) is 0 Å². The van der Waals surface area contributed by atoms with E-state index in [4.69, 9.17) is 20.8 Å². The van der Waals surface area contributed by atoms with Gasteiger partial charge in [0.15, 0.2) is 6.61 Å². The zero-order valence-corrected chi connectivity index (χ0v) is 15.1. The standard InChI is InChI=1S/C19H14ClN3O5/c20-14-4-2-6-16(10-14)27-12-19(24)22-21-11-17-7-8-18(28-17)13-3-1-5-15(9-13)23(25)26/h1-11H,12H2,(H,22,24)/b21-11+. The Labute approximate surface area is 164 Å². The van der Waals surface area contributed by atoms with Crippen LogP contribution in [0.25, 0.3) is 11.3 Å². The molecule has 1 N–H and O–H groups in total. The fraction of sp³-hybridized carbons (Fsp3) is 0.0526. The fourth-order valence-corrected chi connectivity index (χ4v) is 2.44. The number of ether oxygens (including phenoxy) is 1. The molecule has 0 aliphatic heterocycles. The van der Waals surface area contributed by atoms with Crippen molar-refractivity contribution < 1.29 is 18.9 Å². The summed E-state index contributed by atoms with van der Waals surface area (Å²) in [6.45, 7) is -0.227. The van der Waals surface area contributed by atoms with Crippen LogP contribution in [-0.2, 0) is 4.79 Å². The second-order valence-corrected chi connectivity index (χ2v) is 5.99. The number of halogens is 1. The molecule has 142 valence electrons. The van der Waals surface area contributed by atoms with Crippen molar-refractivity contribution >= 4 is 29.4 Å². The predicted octanol–water partition coefficient (Wildman–Crippen LogP) is 4.04. The van der Waals surface area contributed by atoms with Crippen LogP contribution in [0.2, 0.25) is 5.02 Å². The molecular weight excluding hydrogens is 386 g/mol. The van der Waals surface area contributed by atoms with Crippen molar-refractivity contribution in [2.75, 3.05) is 6.61 Å². The van der Waals surface area contributed by atoms with Crippen LogP contribution in [0.15, 0.2) is 70.2 Å². The Morgan fingerprint density at radius 1 is 1.21 bits per heavy atom. The van der Waals surface area contributed by atoms with Gasteiger partial charge in [-0.15, -0.1) is 0 Å². The minimum absolute atomic E-state index is 0.0314. The molecular formula is C19H14ClN3O5.